The van der Waals surface area contributed by atoms with Crippen molar-refractivity contribution in [3.8, 4) is 0 Å². The quantitative estimate of drug-likeness (QED) is 0.157. The number of nitrogens with zero attached hydrogens (tertiary/aromatic N) is 4. The minimum absolute atomic E-state index is 0.151. The zero-order chi connectivity index (χ0) is 30.3. The number of allylic oxidation sites excluding steroid dienone is 2. The predicted molar refractivity (Wildman–Crippen MR) is 165 cm³/mol. The van der Waals surface area contributed by atoms with E-state index < -0.39 is 15.8 Å². The average molecular weight is 623 g/mol. The van der Waals surface area contributed by atoms with Crippen molar-refractivity contribution in [2.75, 3.05) is 62.3 Å². The lowest BCUT2D eigenvalue weighted by Crippen LogP contribution is -2.42. The molecule has 230 valence electrons. The Morgan fingerprint density at radius 3 is 2.67 bits per heavy atom. The first-order chi connectivity index (χ1) is 20.1. The van der Waals surface area contributed by atoms with E-state index in [4.69, 9.17) is 22.2 Å². The van der Waals surface area contributed by atoms with Crippen LogP contribution >= 0.6 is 11.6 Å². The molecule has 0 atom stereocenters. The first kappa shape index (κ1) is 32.1. The van der Waals surface area contributed by atoms with Crippen LogP contribution in [0.2, 0.25) is 5.02 Å². The van der Waals surface area contributed by atoms with Crippen LogP contribution in [0.1, 0.15) is 43.2 Å². The number of nitrogens with one attached hydrogen (secondary N) is 3. The number of rotatable bonds is 12. The van der Waals surface area contributed by atoms with Crippen molar-refractivity contribution >= 4 is 39.1 Å². The van der Waals surface area contributed by atoms with E-state index in [-0.39, 0.29) is 28.3 Å². The number of hydrazine groups is 1. The van der Waals surface area contributed by atoms with E-state index in [9.17, 15) is 8.42 Å². The fourth-order valence-corrected chi connectivity index (χ4v) is 6.85. The Labute approximate surface area is 252 Å². The molecule has 0 spiro atoms. The molecule has 2 aliphatic rings. The van der Waals surface area contributed by atoms with E-state index in [2.05, 4.69) is 37.5 Å². The lowest BCUT2D eigenvalue weighted by Gasteiger charge is -2.33. The maximum Gasteiger partial charge on any atom is 0.229 e. The molecule has 0 radical (unpaired) electrons. The van der Waals surface area contributed by atoms with Crippen molar-refractivity contribution in [3.05, 3.63) is 64.3 Å². The zero-order valence-corrected chi connectivity index (χ0v) is 25.7. The Morgan fingerprint density at radius 2 is 1.98 bits per heavy atom. The van der Waals surface area contributed by atoms with Gasteiger partial charge in [-0.15, -0.1) is 0 Å². The van der Waals surface area contributed by atoms with Gasteiger partial charge in [0.15, 0.2) is 5.82 Å². The second-order valence-electron chi connectivity index (χ2n) is 10.6. The summed E-state index contributed by atoms with van der Waals surface area (Å²) in [7, 11) is -3.24. The van der Waals surface area contributed by atoms with Gasteiger partial charge in [0.2, 0.25) is 16.0 Å². The Bertz CT molecular complexity index is 1390. The van der Waals surface area contributed by atoms with Gasteiger partial charge in [0.1, 0.15) is 10.8 Å². The maximum atomic E-state index is 15.3. The third kappa shape index (κ3) is 8.62. The normalized spacial score (nSPS) is 17.7. The lowest BCUT2D eigenvalue weighted by atomic mass is 9.86. The highest BCUT2D eigenvalue weighted by Crippen LogP contribution is 2.34. The van der Waals surface area contributed by atoms with Crippen molar-refractivity contribution in [1.82, 2.24) is 24.6 Å². The molecule has 5 N–H and O–H groups in total. The van der Waals surface area contributed by atoms with Gasteiger partial charge in [0, 0.05) is 24.5 Å². The monoisotopic (exact) mass is 622 g/mol. The van der Waals surface area contributed by atoms with Crippen LogP contribution in [0.3, 0.4) is 0 Å². The number of hydrogen-bond acceptors (Lipinski definition) is 10. The third-order valence-electron chi connectivity index (χ3n) is 7.51. The number of nitrogens with two attached hydrogens (primary N) is 1. The summed E-state index contributed by atoms with van der Waals surface area (Å²) in [5, 5.41) is 6.24. The van der Waals surface area contributed by atoms with Crippen molar-refractivity contribution in [2.24, 2.45) is 5.84 Å². The number of aromatic nitrogens is 2. The first-order valence-electron chi connectivity index (χ1n) is 14.0. The second kappa shape index (κ2) is 14.6. The van der Waals surface area contributed by atoms with Crippen LogP contribution in [0.25, 0.3) is 0 Å². The summed E-state index contributed by atoms with van der Waals surface area (Å²) in [6.45, 7) is 11.9. The van der Waals surface area contributed by atoms with Crippen molar-refractivity contribution in [3.63, 3.8) is 0 Å². The molecule has 11 nitrogen and oxygen atoms in total. The van der Waals surface area contributed by atoms with Crippen molar-refractivity contribution < 1.29 is 17.5 Å². The summed E-state index contributed by atoms with van der Waals surface area (Å²) >= 11 is 6.24. The van der Waals surface area contributed by atoms with E-state index >= 15 is 4.39 Å². The molecule has 4 rings (SSSR count). The number of morpholine rings is 1. The Morgan fingerprint density at radius 1 is 1.26 bits per heavy atom. The van der Waals surface area contributed by atoms with E-state index in [0.717, 1.165) is 43.6 Å². The zero-order valence-electron chi connectivity index (χ0n) is 24.1. The van der Waals surface area contributed by atoms with Crippen LogP contribution in [0.4, 0.5) is 21.8 Å². The number of aryl methyl sites for hydroxylation is 1. The molecule has 14 heteroatoms. The van der Waals surface area contributed by atoms with Crippen LogP contribution in [-0.4, -0.2) is 79.3 Å². The molecule has 2 aliphatic heterocycles. The highest BCUT2D eigenvalue weighted by molar-refractivity contribution is 7.89. The van der Waals surface area contributed by atoms with E-state index in [0.29, 0.717) is 49.9 Å². The summed E-state index contributed by atoms with van der Waals surface area (Å²) in [5.41, 5.74) is 5.95. The highest BCUT2D eigenvalue weighted by Gasteiger charge is 2.26. The van der Waals surface area contributed by atoms with Gasteiger partial charge in [-0.2, -0.15) is 9.29 Å². The number of sulfonamides is 1. The number of anilines is 3. The summed E-state index contributed by atoms with van der Waals surface area (Å²) in [4.78, 5) is 10.9. The summed E-state index contributed by atoms with van der Waals surface area (Å²) < 4.78 is 47.2. The van der Waals surface area contributed by atoms with Gasteiger partial charge in [-0.25, -0.2) is 17.8 Å². The summed E-state index contributed by atoms with van der Waals surface area (Å²) in [6, 6.07) is 3.37. The molecule has 0 unspecified atom stereocenters. The fourth-order valence-electron chi connectivity index (χ4n) is 5.25. The highest BCUT2D eigenvalue weighted by atomic mass is 35.5. The number of ether oxygens (including phenoxy) is 1. The third-order valence-corrected chi connectivity index (χ3v) is 9.74. The molecule has 2 saturated heterocycles. The molecule has 3 heterocycles. The fraction of sp³-hybridized carbons (Fsp3) is 0.500. The summed E-state index contributed by atoms with van der Waals surface area (Å²) in [5.74, 6) is 5.88. The number of hydrogen-bond donors (Lipinski definition) is 4. The van der Waals surface area contributed by atoms with Crippen LogP contribution < -0.4 is 21.9 Å². The molecular weight excluding hydrogens is 583 g/mol. The van der Waals surface area contributed by atoms with Gasteiger partial charge in [0.05, 0.1) is 30.9 Å². The van der Waals surface area contributed by atoms with Crippen LogP contribution in [0.5, 0.6) is 0 Å². The molecule has 1 aromatic carbocycles. The number of halogens is 2. The molecule has 0 saturated carbocycles. The second-order valence-corrected chi connectivity index (χ2v) is 13.1. The van der Waals surface area contributed by atoms with Gasteiger partial charge in [0.25, 0.3) is 0 Å². The van der Waals surface area contributed by atoms with Crippen molar-refractivity contribution in [2.45, 2.75) is 39.0 Å². The van der Waals surface area contributed by atoms with Gasteiger partial charge < -0.3 is 25.7 Å². The largest absolute Gasteiger partial charge is 0.379 e. The molecule has 2 aromatic rings. The number of piperidine rings is 1. The SMILES string of the molecule is C=C(/C=C(/C)NN)Nc1nc(Nc2cc(C)c(C3CCN(CCCS(=O)(=O)N4CCOCC4)CC3)cc2F)ncc1Cl. The molecule has 0 aliphatic carbocycles. The molecule has 1 aromatic heterocycles. The smallest absolute Gasteiger partial charge is 0.229 e. The molecule has 0 bridgehead atoms. The topological polar surface area (TPSA) is 138 Å². The van der Waals surface area contributed by atoms with E-state index in [1.165, 1.54) is 10.5 Å². The Hall–Kier alpha value is -2.81. The van der Waals surface area contributed by atoms with Crippen LogP contribution in [0, 0.1) is 12.7 Å². The van der Waals surface area contributed by atoms with Crippen LogP contribution in [-0.2, 0) is 14.8 Å². The molecular formula is C28H40ClFN8O3S. The standard InChI is InChI=1S/C28H40ClFN8O3S/c1-19-15-26(34-28-32-18-24(29)27(35-28)33-20(2)16-21(3)36-31)25(30)17-23(19)22-5-8-37(9-6-22)7-4-14-42(39,40)38-10-12-41-13-11-38/h15-18,22,36H,2,4-14,31H2,1,3H3,(H2,32,33,34,35)/b21-16-. The number of benzene rings is 1. The maximum absolute atomic E-state index is 15.3. The summed E-state index contributed by atoms with van der Waals surface area (Å²) in [6.07, 6.45) is 5.48. The van der Waals surface area contributed by atoms with Gasteiger partial charge >= 0.3 is 0 Å². The molecule has 0 amide bonds. The molecule has 2 fully saturated rings. The van der Waals surface area contributed by atoms with Gasteiger partial charge in [-0.1, -0.05) is 18.2 Å². The minimum Gasteiger partial charge on any atom is -0.379 e. The van der Waals surface area contributed by atoms with E-state index in [1.54, 1.807) is 25.1 Å². The van der Waals surface area contributed by atoms with E-state index in [1.807, 2.05) is 6.92 Å². The van der Waals surface area contributed by atoms with Crippen LogP contribution in [0.15, 0.2) is 42.4 Å². The predicted octanol–water partition coefficient (Wildman–Crippen LogP) is 3.85. The Balaban J connectivity index is 1.32. The average Bonchev–Trinajstić information content (AvgIpc) is 2.97. The van der Waals surface area contributed by atoms with Gasteiger partial charge in [-0.05, 0) is 88.0 Å². The van der Waals surface area contributed by atoms with Gasteiger partial charge in [-0.3, -0.25) is 5.84 Å². The lowest BCUT2D eigenvalue weighted by molar-refractivity contribution is 0.0730. The number of likely N-dealkylation sites (tertiary alicyclic amines) is 1. The van der Waals surface area contributed by atoms with Crippen molar-refractivity contribution in [1.29, 1.82) is 0 Å². The minimum atomic E-state index is -3.24. The molecule has 42 heavy (non-hydrogen) atoms. The first-order valence-corrected chi connectivity index (χ1v) is 16.0. The Kier molecular flexibility index (Phi) is 11.1.